The SMILES string of the molecule is COC(=O)/C=C/c1ccc(F)c(Cl)c1N=[N+]=[N-]. The average Bonchev–Trinajstić information content (AvgIpc) is 2.33. The lowest BCUT2D eigenvalue weighted by atomic mass is 10.1. The molecule has 0 atom stereocenters. The van der Waals surface area contributed by atoms with Gasteiger partial charge in [0.15, 0.2) is 0 Å². The summed E-state index contributed by atoms with van der Waals surface area (Å²) >= 11 is 5.64. The highest BCUT2D eigenvalue weighted by atomic mass is 35.5. The van der Waals surface area contributed by atoms with Crippen LogP contribution in [-0.2, 0) is 9.53 Å². The van der Waals surface area contributed by atoms with Gasteiger partial charge in [-0.3, -0.25) is 0 Å². The fourth-order valence-electron chi connectivity index (χ4n) is 1.06. The number of benzene rings is 1. The van der Waals surface area contributed by atoms with Gasteiger partial charge >= 0.3 is 5.97 Å². The number of ether oxygens (including phenoxy) is 1. The maximum Gasteiger partial charge on any atom is 0.330 e. The lowest BCUT2D eigenvalue weighted by Gasteiger charge is -2.03. The van der Waals surface area contributed by atoms with Crippen molar-refractivity contribution in [3.05, 3.63) is 45.1 Å². The number of hydrogen-bond donors (Lipinski definition) is 0. The molecule has 0 unspecified atom stereocenters. The van der Waals surface area contributed by atoms with Gasteiger partial charge in [-0.15, -0.1) is 0 Å². The van der Waals surface area contributed by atoms with Crippen LogP contribution in [0.4, 0.5) is 10.1 Å². The first-order chi connectivity index (χ1) is 8.10. The lowest BCUT2D eigenvalue weighted by Crippen LogP contribution is -1.93. The monoisotopic (exact) mass is 255 g/mol. The molecular weight excluding hydrogens is 249 g/mol. The number of halogens is 2. The maximum atomic E-state index is 13.1. The van der Waals surface area contributed by atoms with Gasteiger partial charge in [0.2, 0.25) is 0 Å². The zero-order valence-corrected chi connectivity index (χ0v) is 9.48. The second-order valence-corrected chi connectivity index (χ2v) is 3.22. The van der Waals surface area contributed by atoms with Crippen LogP contribution in [-0.4, -0.2) is 13.1 Å². The largest absolute Gasteiger partial charge is 0.466 e. The standard InChI is InChI=1S/C10H7ClFN3O2/c1-17-8(16)5-3-6-2-4-7(12)9(11)10(6)14-15-13/h2-5H,1H3/b5-3+. The number of carbonyl (C=O) groups excluding carboxylic acids is 1. The number of hydrogen-bond acceptors (Lipinski definition) is 3. The number of esters is 1. The Balaban J connectivity index is 3.24. The molecule has 88 valence electrons. The zero-order valence-electron chi connectivity index (χ0n) is 8.72. The first-order valence-corrected chi connectivity index (χ1v) is 4.77. The fourth-order valence-corrected chi connectivity index (χ4v) is 1.27. The molecule has 0 radical (unpaired) electrons. The van der Waals surface area contributed by atoms with Crippen molar-refractivity contribution in [2.75, 3.05) is 7.11 Å². The summed E-state index contributed by atoms with van der Waals surface area (Å²) in [5, 5.41) is 2.98. The Morgan fingerprint density at radius 3 is 2.94 bits per heavy atom. The summed E-state index contributed by atoms with van der Waals surface area (Å²) in [6.45, 7) is 0. The van der Waals surface area contributed by atoms with Crippen molar-refractivity contribution < 1.29 is 13.9 Å². The highest BCUT2D eigenvalue weighted by Gasteiger charge is 2.08. The van der Waals surface area contributed by atoms with Crippen molar-refractivity contribution in [2.24, 2.45) is 5.11 Å². The molecule has 0 saturated carbocycles. The van der Waals surface area contributed by atoms with E-state index in [9.17, 15) is 9.18 Å². The van der Waals surface area contributed by atoms with Crippen molar-refractivity contribution >= 4 is 29.3 Å². The van der Waals surface area contributed by atoms with Crippen LogP contribution in [0.1, 0.15) is 5.56 Å². The molecule has 0 aliphatic carbocycles. The van der Waals surface area contributed by atoms with E-state index in [1.807, 2.05) is 0 Å². The minimum atomic E-state index is -0.704. The Kier molecular flexibility index (Phi) is 4.51. The van der Waals surface area contributed by atoms with E-state index in [1.54, 1.807) is 0 Å². The van der Waals surface area contributed by atoms with Crippen LogP contribution >= 0.6 is 11.6 Å². The van der Waals surface area contributed by atoms with Gasteiger partial charge in [-0.25, -0.2) is 9.18 Å². The van der Waals surface area contributed by atoms with Crippen molar-refractivity contribution in [3.63, 3.8) is 0 Å². The van der Waals surface area contributed by atoms with E-state index in [0.717, 1.165) is 12.1 Å². The molecule has 0 saturated heterocycles. The van der Waals surface area contributed by atoms with Gasteiger partial charge in [0.05, 0.1) is 17.8 Å². The number of rotatable bonds is 3. The third-order valence-corrected chi connectivity index (χ3v) is 2.20. The van der Waals surface area contributed by atoms with Gasteiger partial charge < -0.3 is 4.74 Å². The lowest BCUT2D eigenvalue weighted by molar-refractivity contribution is -0.134. The molecule has 17 heavy (non-hydrogen) atoms. The number of methoxy groups -OCH3 is 1. The Hall–Kier alpha value is -2.04. The summed E-state index contributed by atoms with van der Waals surface area (Å²) in [7, 11) is 1.22. The van der Waals surface area contributed by atoms with Gasteiger partial charge in [0, 0.05) is 11.0 Å². The highest BCUT2D eigenvalue weighted by Crippen LogP contribution is 2.32. The fraction of sp³-hybridized carbons (Fsp3) is 0.100. The molecule has 0 bridgehead atoms. The first-order valence-electron chi connectivity index (χ1n) is 4.39. The van der Waals surface area contributed by atoms with Crippen molar-refractivity contribution in [3.8, 4) is 0 Å². The molecular formula is C10H7ClFN3O2. The van der Waals surface area contributed by atoms with Gasteiger partial charge in [0.25, 0.3) is 0 Å². The third-order valence-electron chi connectivity index (χ3n) is 1.85. The van der Waals surface area contributed by atoms with E-state index >= 15 is 0 Å². The Morgan fingerprint density at radius 2 is 2.35 bits per heavy atom. The van der Waals surface area contributed by atoms with Crippen LogP contribution in [0.15, 0.2) is 23.3 Å². The topological polar surface area (TPSA) is 75.1 Å². The normalized spacial score (nSPS) is 10.1. The summed E-state index contributed by atoms with van der Waals surface area (Å²) in [5.41, 5.74) is 8.59. The van der Waals surface area contributed by atoms with E-state index in [2.05, 4.69) is 14.8 Å². The molecule has 1 rings (SSSR count). The average molecular weight is 256 g/mol. The van der Waals surface area contributed by atoms with E-state index < -0.39 is 11.8 Å². The molecule has 0 aliphatic rings. The second-order valence-electron chi connectivity index (χ2n) is 2.85. The summed E-state index contributed by atoms with van der Waals surface area (Å²) in [6.07, 6.45) is 2.43. The Morgan fingerprint density at radius 1 is 1.65 bits per heavy atom. The molecule has 0 spiro atoms. The molecule has 1 aromatic rings. The van der Waals surface area contributed by atoms with Gasteiger partial charge in [0.1, 0.15) is 5.82 Å². The number of nitrogens with zero attached hydrogens (tertiary/aromatic N) is 3. The maximum absolute atomic E-state index is 13.1. The Labute approximate surface area is 101 Å². The third kappa shape index (κ3) is 3.21. The summed E-state index contributed by atoms with van der Waals surface area (Å²) < 4.78 is 17.5. The molecule has 7 heteroatoms. The van der Waals surface area contributed by atoms with E-state index in [1.165, 1.54) is 19.3 Å². The molecule has 1 aromatic carbocycles. The smallest absolute Gasteiger partial charge is 0.330 e. The van der Waals surface area contributed by atoms with Crippen molar-refractivity contribution in [2.45, 2.75) is 0 Å². The van der Waals surface area contributed by atoms with Crippen LogP contribution in [0.2, 0.25) is 5.02 Å². The van der Waals surface area contributed by atoms with E-state index in [0.29, 0.717) is 5.56 Å². The van der Waals surface area contributed by atoms with E-state index in [-0.39, 0.29) is 10.7 Å². The van der Waals surface area contributed by atoms with Crippen LogP contribution in [0.25, 0.3) is 16.5 Å². The molecule has 0 aliphatic heterocycles. The predicted molar refractivity (Wildman–Crippen MR) is 61.3 cm³/mol. The van der Waals surface area contributed by atoms with Crippen LogP contribution < -0.4 is 0 Å². The van der Waals surface area contributed by atoms with Crippen LogP contribution in [0, 0.1) is 5.82 Å². The molecule has 0 amide bonds. The second kappa shape index (κ2) is 5.89. The van der Waals surface area contributed by atoms with Gasteiger partial charge in [-0.1, -0.05) is 22.8 Å². The van der Waals surface area contributed by atoms with Gasteiger partial charge in [-0.05, 0) is 23.2 Å². The van der Waals surface area contributed by atoms with Crippen molar-refractivity contribution in [1.29, 1.82) is 0 Å². The minimum absolute atomic E-state index is 0.0747. The van der Waals surface area contributed by atoms with E-state index in [4.69, 9.17) is 17.1 Å². The van der Waals surface area contributed by atoms with Gasteiger partial charge in [-0.2, -0.15) is 0 Å². The van der Waals surface area contributed by atoms with Crippen LogP contribution in [0.3, 0.4) is 0 Å². The minimum Gasteiger partial charge on any atom is -0.466 e. The molecule has 5 nitrogen and oxygen atoms in total. The molecule has 0 heterocycles. The highest BCUT2D eigenvalue weighted by molar-refractivity contribution is 6.33. The predicted octanol–water partition coefficient (Wildman–Crippen LogP) is 3.61. The zero-order chi connectivity index (χ0) is 12.8. The molecule has 0 N–H and O–H groups in total. The number of carbonyl (C=O) groups is 1. The Bertz CT molecular complexity index is 525. The van der Waals surface area contributed by atoms with Crippen LogP contribution in [0.5, 0.6) is 0 Å². The molecule has 0 aromatic heterocycles. The van der Waals surface area contributed by atoms with Crippen molar-refractivity contribution in [1.82, 2.24) is 0 Å². The number of azide groups is 1. The quantitative estimate of drug-likeness (QED) is 0.272. The summed E-state index contributed by atoms with van der Waals surface area (Å²) in [5.74, 6) is -1.29. The summed E-state index contributed by atoms with van der Waals surface area (Å²) in [4.78, 5) is 13.4. The summed E-state index contributed by atoms with van der Waals surface area (Å²) in [6, 6.07) is 2.44. The first kappa shape index (κ1) is 13.0. The molecule has 0 fully saturated rings.